The third-order valence-electron chi connectivity index (χ3n) is 21.5. The molecular formula is C72H70BN3OS. The molecular weight excluding hydrogens is 966 g/mol. The molecule has 0 spiro atoms. The molecule has 2 unspecified atom stereocenters. The highest BCUT2D eigenvalue weighted by Crippen LogP contribution is 2.62. The highest BCUT2D eigenvalue weighted by atomic mass is 32.1. The number of furan rings is 1. The van der Waals surface area contributed by atoms with Crippen LogP contribution in [0.25, 0.3) is 42.1 Å². The van der Waals surface area contributed by atoms with Gasteiger partial charge in [-0.2, -0.15) is 0 Å². The second kappa shape index (κ2) is 15.5. The van der Waals surface area contributed by atoms with Crippen LogP contribution in [-0.2, 0) is 27.1 Å². The van der Waals surface area contributed by atoms with Crippen LogP contribution in [-0.4, -0.2) is 12.3 Å². The molecule has 2 atom stereocenters. The zero-order valence-electron chi connectivity index (χ0n) is 47.2. The zero-order valence-corrected chi connectivity index (χ0v) is 48.1. The summed E-state index contributed by atoms with van der Waals surface area (Å²) in [6, 6.07) is 57.3. The molecule has 6 heteroatoms. The van der Waals surface area contributed by atoms with Crippen LogP contribution in [0.3, 0.4) is 0 Å². The Labute approximate surface area is 465 Å². The number of rotatable bonds is 3. The number of anilines is 8. The van der Waals surface area contributed by atoms with E-state index in [1.165, 1.54) is 141 Å². The molecule has 8 aromatic carbocycles. The Morgan fingerprint density at radius 1 is 0.423 bits per heavy atom. The molecule has 10 aromatic rings. The highest BCUT2D eigenvalue weighted by molar-refractivity contribution is 7.26. The molecule has 0 N–H and O–H groups in total. The fourth-order valence-corrected chi connectivity index (χ4v) is 17.9. The lowest BCUT2D eigenvalue weighted by molar-refractivity contribution is 0.195. The molecule has 2 aromatic heterocycles. The van der Waals surface area contributed by atoms with Crippen molar-refractivity contribution in [2.75, 3.05) is 14.7 Å². The second-order valence-corrected chi connectivity index (χ2v) is 28.7. The van der Waals surface area contributed by atoms with E-state index in [4.69, 9.17) is 4.42 Å². The number of benzene rings is 8. The van der Waals surface area contributed by atoms with Crippen molar-refractivity contribution < 1.29 is 4.42 Å². The average Bonchev–Trinajstić information content (AvgIpc) is 4.00. The number of hydrogen-bond acceptors (Lipinski definition) is 5. The van der Waals surface area contributed by atoms with Crippen LogP contribution in [0.1, 0.15) is 148 Å². The van der Waals surface area contributed by atoms with Gasteiger partial charge in [-0.1, -0.05) is 154 Å². The summed E-state index contributed by atoms with van der Waals surface area (Å²) in [5.74, 6) is 0. The summed E-state index contributed by atoms with van der Waals surface area (Å²) in [6.07, 6.45) is 9.40. The molecule has 3 aliphatic heterocycles. The van der Waals surface area contributed by atoms with Gasteiger partial charge in [-0.3, -0.25) is 0 Å². The van der Waals surface area contributed by atoms with Crippen molar-refractivity contribution in [3.8, 4) is 0 Å². The molecule has 6 aliphatic rings. The molecule has 78 heavy (non-hydrogen) atoms. The standard InChI is InChI=1S/C72H70BN3OS/c1-67(2)34-35-68(3,4)51-38-43(28-30-49(51)67)74-58-42-53-52(69(5,6)36-37-70(53,7)8)41-54(58)73-63-59(74)39-44(76-55-24-14-13-23-50(55)71(9)32-17-18-33-72(71,76)10)40-60(63)75(57-25-19-22-48-46-21-12-16-27-62(46)78-66(48)57)56-31-29-47-45-20-11-15-26-61(45)77-65(47)64(56)73/h11-16,19-31,38-42H,17-18,32-37H2,1-10H3. The van der Waals surface area contributed by atoms with Gasteiger partial charge in [0.2, 0.25) is 0 Å². The highest BCUT2D eigenvalue weighted by Gasteiger charge is 2.58. The predicted octanol–water partition coefficient (Wildman–Crippen LogP) is 18.5. The van der Waals surface area contributed by atoms with Gasteiger partial charge in [-0.25, -0.2) is 0 Å². The van der Waals surface area contributed by atoms with Gasteiger partial charge in [0.1, 0.15) is 11.2 Å². The van der Waals surface area contributed by atoms with E-state index in [9.17, 15) is 0 Å². The van der Waals surface area contributed by atoms with Crippen molar-refractivity contribution in [1.82, 2.24) is 0 Å². The molecule has 5 heterocycles. The quantitative estimate of drug-likeness (QED) is 0.165. The average molecular weight is 1040 g/mol. The van der Waals surface area contributed by atoms with Gasteiger partial charge in [0.15, 0.2) is 0 Å². The maximum Gasteiger partial charge on any atom is 0.257 e. The van der Waals surface area contributed by atoms with Gasteiger partial charge in [0.05, 0.1) is 15.9 Å². The zero-order chi connectivity index (χ0) is 53.2. The lowest BCUT2D eigenvalue weighted by atomic mass is 9.33. The first-order valence-electron chi connectivity index (χ1n) is 29.3. The fourth-order valence-electron chi connectivity index (χ4n) is 16.7. The van der Waals surface area contributed by atoms with Crippen molar-refractivity contribution in [1.29, 1.82) is 0 Å². The Hall–Kier alpha value is -6.76. The van der Waals surface area contributed by atoms with E-state index in [1.807, 2.05) is 11.3 Å². The van der Waals surface area contributed by atoms with Gasteiger partial charge < -0.3 is 19.1 Å². The van der Waals surface area contributed by atoms with E-state index in [-0.39, 0.29) is 39.3 Å². The molecule has 4 nitrogen and oxygen atoms in total. The van der Waals surface area contributed by atoms with E-state index < -0.39 is 0 Å². The van der Waals surface area contributed by atoms with Gasteiger partial charge in [-0.15, -0.1) is 11.3 Å². The maximum absolute atomic E-state index is 7.38. The third kappa shape index (κ3) is 6.08. The minimum Gasteiger partial charge on any atom is -0.457 e. The van der Waals surface area contributed by atoms with Crippen molar-refractivity contribution >= 4 is 122 Å². The lowest BCUT2D eigenvalue weighted by Crippen LogP contribution is -2.62. The van der Waals surface area contributed by atoms with E-state index in [1.54, 1.807) is 0 Å². The fraction of sp³-hybridized carbons (Fsp3) is 0.333. The summed E-state index contributed by atoms with van der Waals surface area (Å²) in [4.78, 5) is 8.28. The van der Waals surface area contributed by atoms with Crippen LogP contribution >= 0.6 is 11.3 Å². The molecule has 3 aliphatic carbocycles. The van der Waals surface area contributed by atoms with Gasteiger partial charge in [-0.05, 0) is 178 Å². The molecule has 0 amide bonds. The lowest BCUT2D eigenvalue weighted by Gasteiger charge is -2.51. The molecule has 388 valence electrons. The number of thiophene rings is 1. The smallest absolute Gasteiger partial charge is 0.257 e. The SMILES string of the molecule is CC1(C)CCC(C)(C)c2cc(N3c4cc5c(cc4B4c6c3cc(N3c7ccccc7C7(C)CCCCC37C)cc6N(c3cccc6c3sc3ccccc36)c3ccc6c(oc7ccccc76)c34)C(C)(C)CCC5(C)C)ccc21. The van der Waals surface area contributed by atoms with E-state index in [2.05, 4.69) is 230 Å². The van der Waals surface area contributed by atoms with Crippen molar-refractivity contribution in [3.63, 3.8) is 0 Å². The summed E-state index contributed by atoms with van der Waals surface area (Å²) in [5, 5.41) is 4.95. The van der Waals surface area contributed by atoms with Crippen molar-refractivity contribution in [2.45, 2.75) is 153 Å². The first kappa shape index (κ1) is 47.3. The Kier molecular flexibility index (Phi) is 9.41. The summed E-state index contributed by atoms with van der Waals surface area (Å²) < 4.78 is 9.99. The molecule has 1 saturated carbocycles. The summed E-state index contributed by atoms with van der Waals surface area (Å²) in [7, 11) is 0. The molecule has 1 fully saturated rings. The molecule has 0 radical (unpaired) electrons. The maximum atomic E-state index is 7.38. The van der Waals surface area contributed by atoms with Gasteiger partial charge >= 0.3 is 0 Å². The minimum atomic E-state index is -0.147. The predicted molar refractivity (Wildman–Crippen MR) is 334 cm³/mol. The van der Waals surface area contributed by atoms with Gasteiger partial charge in [0, 0.05) is 71.5 Å². The number of hydrogen-bond donors (Lipinski definition) is 0. The Morgan fingerprint density at radius 3 is 1.83 bits per heavy atom. The molecule has 0 saturated heterocycles. The summed E-state index contributed by atoms with van der Waals surface area (Å²) in [5.41, 5.74) is 23.3. The van der Waals surface area contributed by atoms with Crippen LogP contribution in [0, 0.1) is 0 Å². The van der Waals surface area contributed by atoms with E-state index >= 15 is 0 Å². The number of nitrogens with zero attached hydrogens (tertiary/aromatic N) is 3. The van der Waals surface area contributed by atoms with Crippen LogP contribution in [0.15, 0.2) is 150 Å². The van der Waals surface area contributed by atoms with Crippen LogP contribution in [0.5, 0.6) is 0 Å². The first-order chi connectivity index (χ1) is 37.4. The molecule has 16 rings (SSSR count). The third-order valence-corrected chi connectivity index (χ3v) is 22.7. The molecule has 0 bridgehead atoms. The van der Waals surface area contributed by atoms with Gasteiger partial charge in [0.25, 0.3) is 6.71 Å². The largest absolute Gasteiger partial charge is 0.457 e. The van der Waals surface area contributed by atoms with Crippen LogP contribution in [0.4, 0.5) is 45.5 Å². The van der Waals surface area contributed by atoms with Crippen molar-refractivity contribution in [3.05, 3.63) is 173 Å². The van der Waals surface area contributed by atoms with E-state index in [0.29, 0.717) is 0 Å². The topological polar surface area (TPSA) is 22.9 Å². The Bertz CT molecular complexity index is 4270. The minimum absolute atomic E-state index is 0.00377. The summed E-state index contributed by atoms with van der Waals surface area (Å²) >= 11 is 1.92. The summed E-state index contributed by atoms with van der Waals surface area (Å²) in [6.45, 7) is 25.0. The number of para-hydroxylation sites is 2. The van der Waals surface area contributed by atoms with E-state index in [0.717, 1.165) is 42.2 Å². The monoisotopic (exact) mass is 1040 g/mol. The normalized spacial score (nSPS) is 22.7. The van der Waals surface area contributed by atoms with Crippen molar-refractivity contribution in [2.24, 2.45) is 0 Å². The number of fused-ring (bicyclic) bond motifs is 16. The second-order valence-electron chi connectivity index (χ2n) is 27.6. The van der Waals surface area contributed by atoms with Crippen LogP contribution in [0.2, 0.25) is 0 Å². The van der Waals surface area contributed by atoms with Crippen LogP contribution < -0.4 is 31.1 Å². The Balaban J connectivity index is 1.09. The first-order valence-corrected chi connectivity index (χ1v) is 30.1. The Morgan fingerprint density at radius 2 is 1.05 bits per heavy atom.